The molecule has 1 aliphatic rings. The van der Waals surface area contributed by atoms with Crippen molar-refractivity contribution in [3.63, 3.8) is 0 Å². The molecule has 0 radical (unpaired) electrons. The average molecular weight is 300 g/mol. The maximum absolute atomic E-state index is 11.5. The van der Waals surface area contributed by atoms with Crippen LogP contribution in [0.25, 0.3) is 0 Å². The Labute approximate surface area is 114 Å². The molecule has 6 heteroatoms. The second-order valence-electron chi connectivity index (χ2n) is 4.75. The second kappa shape index (κ2) is 7.22. The molecule has 0 N–H and O–H groups in total. The molecule has 2 unspecified atom stereocenters. The Morgan fingerprint density at radius 2 is 2.24 bits per heavy atom. The van der Waals surface area contributed by atoms with Crippen LogP contribution in [0.5, 0.6) is 0 Å². The van der Waals surface area contributed by atoms with Gasteiger partial charge in [-0.15, -0.1) is 11.6 Å². The van der Waals surface area contributed by atoms with Gasteiger partial charge in [0.1, 0.15) is 0 Å². The van der Waals surface area contributed by atoms with Crippen molar-refractivity contribution in [1.29, 1.82) is 0 Å². The zero-order valence-corrected chi connectivity index (χ0v) is 13.0. The lowest BCUT2D eigenvalue weighted by atomic mass is 10.0. The van der Waals surface area contributed by atoms with Crippen LogP contribution in [-0.4, -0.2) is 49.0 Å². The van der Waals surface area contributed by atoms with Crippen molar-refractivity contribution in [3.8, 4) is 0 Å². The van der Waals surface area contributed by atoms with Gasteiger partial charge >= 0.3 is 0 Å². The Morgan fingerprint density at radius 1 is 1.53 bits per heavy atom. The minimum absolute atomic E-state index is 0.501. The lowest BCUT2D eigenvalue weighted by Gasteiger charge is -2.31. The Hall–Kier alpha value is 0.550. The van der Waals surface area contributed by atoms with Gasteiger partial charge in [0, 0.05) is 24.2 Å². The molecule has 2 atom stereocenters. The minimum Gasteiger partial charge on any atom is -0.213 e. The largest absolute Gasteiger partial charge is 0.213 e. The third-order valence-corrected chi connectivity index (χ3v) is 6.04. The predicted octanol–water partition coefficient (Wildman–Crippen LogP) is 2.41. The quantitative estimate of drug-likeness (QED) is 0.707. The summed E-state index contributed by atoms with van der Waals surface area (Å²) in [4.78, 5) is 0. The highest BCUT2D eigenvalue weighted by Crippen LogP contribution is 2.25. The van der Waals surface area contributed by atoms with Crippen LogP contribution in [0.4, 0.5) is 0 Å². The molecule has 1 heterocycles. The Balaban J connectivity index is 2.35. The molecule has 0 aliphatic carbocycles. The molecule has 3 nitrogen and oxygen atoms in total. The fourth-order valence-electron chi connectivity index (χ4n) is 2.00. The molecule has 1 rings (SSSR count). The van der Waals surface area contributed by atoms with Crippen LogP contribution in [0.15, 0.2) is 0 Å². The molecule has 0 aromatic heterocycles. The summed E-state index contributed by atoms with van der Waals surface area (Å²) < 4.78 is 24.6. The maximum Gasteiger partial charge on any atom is 0.211 e. The highest BCUT2D eigenvalue weighted by atomic mass is 35.5. The van der Waals surface area contributed by atoms with Crippen LogP contribution in [0.2, 0.25) is 0 Å². The van der Waals surface area contributed by atoms with Gasteiger partial charge < -0.3 is 0 Å². The molecule has 0 spiro atoms. The average Bonchev–Trinajstić information content (AvgIpc) is 2.26. The normalized spacial score (nSPS) is 24.8. The summed E-state index contributed by atoms with van der Waals surface area (Å²) in [5.41, 5.74) is 0. The van der Waals surface area contributed by atoms with E-state index < -0.39 is 10.0 Å². The zero-order valence-electron chi connectivity index (χ0n) is 10.6. The summed E-state index contributed by atoms with van der Waals surface area (Å²) in [7, 11) is -3.00. The molecular formula is C11H22ClNO2S2. The fourth-order valence-corrected chi connectivity index (χ4v) is 4.56. The lowest BCUT2D eigenvalue weighted by molar-refractivity contribution is 0.286. The summed E-state index contributed by atoms with van der Waals surface area (Å²) >= 11 is 7.61. The number of rotatable bonds is 6. The van der Waals surface area contributed by atoms with Gasteiger partial charge in [-0.05, 0) is 30.9 Å². The summed E-state index contributed by atoms with van der Waals surface area (Å²) in [6, 6.07) is 0. The van der Waals surface area contributed by atoms with Crippen molar-refractivity contribution in [2.45, 2.75) is 31.4 Å². The maximum atomic E-state index is 11.5. The van der Waals surface area contributed by atoms with E-state index in [0.717, 1.165) is 25.0 Å². The van der Waals surface area contributed by atoms with E-state index in [1.807, 2.05) is 11.8 Å². The van der Waals surface area contributed by atoms with Gasteiger partial charge in [-0.25, -0.2) is 12.7 Å². The van der Waals surface area contributed by atoms with Crippen LogP contribution in [0.3, 0.4) is 0 Å². The van der Waals surface area contributed by atoms with Crippen LogP contribution in [0.1, 0.15) is 26.2 Å². The first kappa shape index (κ1) is 15.6. The molecule has 0 amide bonds. The summed E-state index contributed by atoms with van der Waals surface area (Å²) in [5, 5.41) is 0.570. The molecule has 1 fully saturated rings. The number of piperidine rings is 1. The van der Waals surface area contributed by atoms with Crippen molar-refractivity contribution >= 4 is 33.4 Å². The van der Waals surface area contributed by atoms with Crippen molar-refractivity contribution in [1.82, 2.24) is 4.31 Å². The summed E-state index contributed by atoms with van der Waals surface area (Å²) in [6.07, 6.45) is 4.46. The third-order valence-electron chi connectivity index (χ3n) is 3.08. The van der Waals surface area contributed by atoms with E-state index in [0.29, 0.717) is 30.1 Å². The fraction of sp³-hybridized carbons (Fsp3) is 1.00. The first-order valence-electron chi connectivity index (χ1n) is 6.06. The van der Waals surface area contributed by atoms with E-state index in [-0.39, 0.29) is 0 Å². The molecule has 0 saturated carbocycles. The Bertz CT molecular complexity index is 321. The van der Waals surface area contributed by atoms with Crippen molar-refractivity contribution < 1.29 is 8.42 Å². The molecule has 0 aromatic carbocycles. The van der Waals surface area contributed by atoms with Gasteiger partial charge in [0.15, 0.2) is 0 Å². The first-order chi connectivity index (χ1) is 7.93. The van der Waals surface area contributed by atoms with Gasteiger partial charge in [0.05, 0.1) is 6.26 Å². The zero-order chi connectivity index (χ0) is 12.9. The van der Waals surface area contributed by atoms with Crippen molar-refractivity contribution in [2.75, 3.05) is 31.0 Å². The van der Waals surface area contributed by atoms with E-state index >= 15 is 0 Å². The SMILES string of the molecule is CC(CCCl)SCC1CCCN(S(C)(=O)=O)C1. The van der Waals surface area contributed by atoms with Gasteiger partial charge in [-0.2, -0.15) is 11.8 Å². The third kappa shape index (κ3) is 5.81. The number of nitrogens with zero attached hydrogens (tertiary/aromatic N) is 1. The number of hydrogen-bond acceptors (Lipinski definition) is 3. The molecule has 1 aliphatic heterocycles. The lowest BCUT2D eigenvalue weighted by Crippen LogP contribution is -2.40. The minimum atomic E-state index is -3.00. The monoisotopic (exact) mass is 299 g/mol. The van der Waals surface area contributed by atoms with E-state index in [4.69, 9.17) is 11.6 Å². The first-order valence-corrected chi connectivity index (χ1v) is 9.49. The van der Waals surface area contributed by atoms with Gasteiger partial charge in [0.25, 0.3) is 0 Å². The molecule has 102 valence electrons. The van der Waals surface area contributed by atoms with E-state index in [9.17, 15) is 8.42 Å². The van der Waals surface area contributed by atoms with Gasteiger partial charge in [0.2, 0.25) is 10.0 Å². The molecular weight excluding hydrogens is 278 g/mol. The molecule has 0 bridgehead atoms. The smallest absolute Gasteiger partial charge is 0.211 e. The standard InChI is InChI=1S/C11H22ClNO2S2/c1-10(5-6-12)16-9-11-4-3-7-13(8-11)17(2,14)15/h10-11H,3-9H2,1-2H3. The van der Waals surface area contributed by atoms with Crippen LogP contribution in [-0.2, 0) is 10.0 Å². The van der Waals surface area contributed by atoms with E-state index in [1.54, 1.807) is 4.31 Å². The number of halogens is 1. The molecule has 1 saturated heterocycles. The topological polar surface area (TPSA) is 37.4 Å². The predicted molar refractivity (Wildman–Crippen MR) is 76.4 cm³/mol. The summed E-state index contributed by atoms with van der Waals surface area (Å²) in [5.74, 6) is 2.25. The molecule has 0 aromatic rings. The number of hydrogen-bond donors (Lipinski definition) is 0. The second-order valence-corrected chi connectivity index (χ2v) is 8.58. The summed E-state index contributed by atoms with van der Waals surface area (Å²) in [6.45, 7) is 3.57. The van der Waals surface area contributed by atoms with Crippen LogP contribution < -0.4 is 0 Å². The highest BCUT2D eigenvalue weighted by molar-refractivity contribution is 7.99. The van der Waals surface area contributed by atoms with Crippen LogP contribution in [0, 0.1) is 5.92 Å². The number of thioether (sulfide) groups is 1. The van der Waals surface area contributed by atoms with Gasteiger partial charge in [-0.1, -0.05) is 6.92 Å². The number of alkyl halides is 1. The van der Waals surface area contributed by atoms with Gasteiger partial charge in [-0.3, -0.25) is 0 Å². The number of sulfonamides is 1. The van der Waals surface area contributed by atoms with E-state index in [1.165, 1.54) is 6.26 Å². The van der Waals surface area contributed by atoms with Crippen molar-refractivity contribution in [2.24, 2.45) is 5.92 Å². The molecule has 17 heavy (non-hydrogen) atoms. The van der Waals surface area contributed by atoms with Crippen LogP contribution >= 0.6 is 23.4 Å². The Kier molecular flexibility index (Phi) is 6.62. The van der Waals surface area contributed by atoms with Crippen molar-refractivity contribution in [3.05, 3.63) is 0 Å². The highest BCUT2D eigenvalue weighted by Gasteiger charge is 2.25. The Morgan fingerprint density at radius 3 is 2.82 bits per heavy atom. The van der Waals surface area contributed by atoms with E-state index in [2.05, 4.69) is 6.92 Å².